The molecule has 31 heavy (non-hydrogen) atoms. The summed E-state index contributed by atoms with van der Waals surface area (Å²) in [6.45, 7) is 0. The number of aliphatic hydroxyl groups is 2. The summed E-state index contributed by atoms with van der Waals surface area (Å²) in [7, 11) is 1.50. The van der Waals surface area contributed by atoms with Crippen LogP contribution in [0.3, 0.4) is 0 Å². The monoisotopic (exact) mass is 425 g/mol. The van der Waals surface area contributed by atoms with E-state index in [0.717, 1.165) is 12.1 Å². The van der Waals surface area contributed by atoms with E-state index in [-0.39, 0.29) is 23.2 Å². The Morgan fingerprint density at radius 1 is 1.26 bits per heavy atom. The number of hydrogen-bond donors (Lipinski definition) is 3. The first-order valence-corrected chi connectivity index (χ1v) is 9.62. The van der Waals surface area contributed by atoms with Crippen molar-refractivity contribution in [2.45, 2.75) is 24.7 Å². The van der Waals surface area contributed by atoms with E-state index in [9.17, 15) is 23.8 Å². The minimum absolute atomic E-state index is 0.125. The lowest BCUT2D eigenvalue weighted by atomic mass is 9.98. The number of carbonyl (C=O) groups is 1. The lowest BCUT2D eigenvalue weighted by Crippen LogP contribution is -2.41. The van der Waals surface area contributed by atoms with Crippen LogP contribution in [-0.2, 0) is 4.79 Å². The molecule has 0 saturated heterocycles. The molecule has 10 heteroatoms. The number of aliphatic hydroxyl groups excluding tert-OH is 2. The number of hydrogen-bond acceptors (Lipinski definition) is 6. The molecule has 5 rings (SSSR count). The van der Waals surface area contributed by atoms with Crippen LogP contribution >= 0.6 is 0 Å². The van der Waals surface area contributed by atoms with Gasteiger partial charge >= 0.3 is 0 Å². The van der Waals surface area contributed by atoms with Gasteiger partial charge in [-0.3, -0.25) is 4.79 Å². The second-order valence-electron chi connectivity index (χ2n) is 7.79. The molecule has 2 aromatic heterocycles. The minimum Gasteiger partial charge on any atom is -0.389 e. The van der Waals surface area contributed by atoms with E-state index in [1.54, 1.807) is 4.57 Å². The molecule has 0 bridgehead atoms. The molecule has 2 aliphatic carbocycles. The van der Waals surface area contributed by atoms with Crippen LogP contribution in [0.2, 0.25) is 0 Å². The van der Waals surface area contributed by atoms with Crippen molar-refractivity contribution in [2.75, 3.05) is 7.05 Å². The van der Waals surface area contributed by atoms with Crippen molar-refractivity contribution in [3.63, 3.8) is 0 Å². The van der Waals surface area contributed by atoms with Crippen LogP contribution < -0.4 is 5.32 Å². The second-order valence-corrected chi connectivity index (χ2v) is 7.79. The van der Waals surface area contributed by atoms with Gasteiger partial charge in [-0.1, -0.05) is 5.92 Å². The molecule has 0 unspecified atom stereocenters. The smallest absolute Gasteiger partial charge is 0.229 e. The van der Waals surface area contributed by atoms with Crippen LogP contribution in [0, 0.1) is 34.8 Å². The molecule has 2 fully saturated rings. The molecule has 8 nitrogen and oxygen atoms in total. The van der Waals surface area contributed by atoms with Gasteiger partial charge in [-0.25, -0.2) is 23.7 Å². The number of rotatable bonds is 2. The van der Waals surface area contributed by atoms with Crippen molar-refractivity contribution >= 4 is 17.1 Å². The summed E-state index contributed by atoms with van der Waals surface area (Å²) in [5, 5.41) is 23.8. The predicted molar refractivity (Wildman–Crippen MR) is 103 cm³/mol. The van der Waals surface area contributed by atoms with Gasteiger partial charge in [0.05, 0.1) is 30.1 Å². The fourth-order valence-corrected chi connectivity index (χ4v) is 4.59. The summed E-state index contributed by atoms with van der Waals surface area (Å²) in [4.78, 5) is 25.1. The molecule has 1 aromatic carbocycles. The van der Waals surface area contributed by atoms with Gasteiger partial charge in [0.25, 0.3) is 0 Å². The zero-order chi connectivity index (χ0) is 21.9. The predicted octanol–water partition coefficient (Wildman–Crippen LogP) is 0.533. The minimum atomic E-state index is -1.20. The molecular formula is C21H17F2N5O3. The summed E-state index contributed by atoms with van der Waals surface area (Å²) in [5.74, 6) is 2.99. The highest BCUT2D eigenvalue weighted by atomic mass is 19.2. The third-order valence-corrected chi connectivity index (χ3v) is 6.20. The van der Waals surface area contributed by atoms with E-state index >= 15 is 0 Å². The van der Waals surface area contributed by atoms with Gasteiger partial charge in [-0.05, 0) is 30.5 Å². The lowest BCUT2D eigenvalue weighted by molar-refractivity contribution is -0.132. The lowest BCUT2D eigenvalue weighted by Gasteiger charge is -2.23. The van der Waals surface area contributed by atoms with Crippen molar-refractivity contribution in [1.29, 1.82) is 0 Å². The third-order valence-electron chi connectivity index (χ3n) is 6.20. The maximum absolute atomic E-state index is 13.4. The van der Waals surface area contributed by atoms with E-state index in [1.807, 2.05) is 0 Å². The van der Waals surface area contributed by atoms with Crippen molar-refractivity contribution in [1.82, 2.24) is 24.8 Å². The van der Waals surface area contributed by atoms with Crippen molar-refractivity contribution in [3.05, 3.63) is 53.7 Å². The Bertz CT molecular complexity index is 1280. The number of benzene rings is 1. The average Bonchev–Trinajstić information content (AvgIpc) is 3.31. The van der Waals surface area contributed by atoms with Crippen molar-refractivity contribution in [3.8, 4) is 11.8 Å². The number of halogens is 2. The van der Waals surface area contributed by atoms with Crippen molar-refractivity contribution in [2.24, 2.45) is 11.3 Å². The van der Waals surface area contributed by atoms with Gasteiger partial charge in [0, 0.05) is 18.5 Å². The van der Waals surface area contributed by atoms with E-state index in [1.165, 1.54) is 25.6 Å². The molecule has 0 radical (unpaired) electrons. The van der Waals surface area contributed by atoms with E-state index in [2.05, 4.69) is 32.1 Å². The fraction of sp³-hybridized carbons (Fsp3) is 0.333. The molecule has 0 aliphatic heterocycles. The SMILES string of the molecule is CNC(=O)[C@]12C[C@@H]1[C@@H](n1cnc3cnc(C#Cc4ccc(F)c(F)c4)nc31)[C@H](O)[C@@H]2O. The molecule has 2 saturated carbocycles. The standard InChI is InChI=1S/C21H17F2N5O3/c1-24-20(31)21-7-11(21)16(17(29)18(21)30)28-9-26-14-8-25-15(27-19(14)28)5-3-10-2-4-12(22)13(23)6-10/h2,4,6,8-9,11,16-18,29-30H,7H2,1H3,(H,24,31)/t11-,16-,17+,18+,21-/m1/s1. The van der Waals surface area contributed by atoms with Gasteiger partial charge in [-0.2, -0.15) is 0 Å². The highest BCUT2D eigenvalue weighted by Gasteiger charge is 2.75. The Hall–Kier alpha value is -3.42. The van der Waals surface area contributed by atoms with Crippen LogP contribution in [0.4, 0.5) is 8.78 Å². The summed E-state index contributed by atoms with van der Waals surface area (Å²) in [6.07, 6.45) is 1.04. The fourth-order valence-electron chi connectivity index (χ4n) is 4.59. The summed E-state index contributed by atoms with van der Waals surface area (Å²) in [6, 6.07) is 2.72. The molecule has 1 amide bonds. The first kappa shape index (κ1) is 19.5. The number of amides is 1. The Labute approximate surface area is 175 Å². The number of nitrogens with zero attached hydrogens (tertiary/aromatic N) is 4. The van der Waals surface area contributed by atoms with Crippen LogP contribution in [0.5, 0.6) is 0 Å². The van der Waals surface area contributed by atoms with Crippen molar-refractivity contribution < 1.29 is 23.8 Å². The maximum atomic E-state index is 13.4. The Morgan fingerprint density at radius 2 is 2.06 bits per heavy atom. The van der Waals surface area contributed by atoms with Gasteiger partial charge < -0.3 is 20.1 Å². The molecule has 3 aromatic rings. The van der Waals surface area contributed by atoms with Crippen LogP contribution in [0.25, 0.3) is 11.2 Å². The Morgan fingerprint density at radius 3 is 2.81 bits per heavy atom. The highest BCUT2D eigenvalue weighted by Crippen LogP contribution is 2.67. The third kappa shape index (κ3) is 2.81. The van der Waals surface area contributed by atoms with Gasteiger partial charge in [0.15, 0.2) is 17.3 Å². The highest BCUT2D eigenvalue weighted by molar-refractivity contribution is 5.87. The maximum Gasteiger partial charge on any atom is 0.229 e. The zero-order valence-corrected chi connectivity index (χ0v) is 16.3. The Balaban J connectivity index is 1.50. The van der Waals surface area contributed by atoms with E-state index in [0.29, 0.717) is 17.6 Å². The second kappa shape index (κ2) is 6.80. The van der Waals surface area contributed by atoms with Gasteiger partial charge in [-0.15, -0.1) is 0 Å². The first-order chi connectivity index (χ1) is 14.9. The zero-order valence-electron chi connectivity index (χ0n) is 16.3. The summed E-state index contributed by atoms with van der Waals surface area (Å²) < 4.78 is 28.1. The molecule has 2 aliphatic rings. The first-order valence-electron chi connectivity index (χ1n) is 9.62. The number of fused-ring (bicyclic) bond motifs is 2. The molecule has 3 N–H and O–H groups in total. The molecular weight excluding hydrogens is 408 g/mol. The summed E-state index contributed by atoms with van der Waals surface area (Å²) >= 11 is 0. The number of imidazole rings is 1. The van der Waals surface area contributed by atoms with Gasteiger partial charge in [0.2, 0.25) is 11.7 Å². The molecule has 5 atom stereocenters. The van der Waals surface area contributed by atoms with Crippen LogP contribution in [0.15, 0.2) is 30.7 Å². The average molecular weight is 425 g/mol. The molecule has 158 valence electrons. The molecule has 2 heterocycles. The van der Waals surface area contributed by atoms with E-state index < -0.39 is 35.3 Å². The number of nitrogens with one attached hydrogen (secondary N) is 1. The number of aromatic nitrogens is 4. The van der Waals surface area contributed by atoms with E-state index in [4.69, 9.17) is 0 Å². The normalized spacial score (nSPS) is 28.7. The summed E-state index contributed by atoms with van der Waals surface area (Å²) in [5.41, 5.74) is 0.0926. The van der Waals surface area contributed by atoms with Crippen LogP contribution in [-0.4, -0.2) is 54.9 Å². The van der Waals surface area contributed by atoms with Gasteiger partial charge in [0.1, 0.15) is 11.6 Å². The largest absolute Gasteiger partial charge is 0.389 e. The molecule has 0 spiro atoms. The van der Waals surface area contributed by atoms with Crippen LogP contribution in [0.1, 0.15) is 23.9 Å². The number of carbonyl (C=O) groups excluding carboxylic acids is 1. The quantitative estimate of drug-likeness (QED) is 0.517. The Kier molecular flexibility index (Phi) is 4.28. The topological polar surface area (TPSA) is 113 Å².